The van der Waals surface area contributed by atoms with Gasteiger partial charge < -0.3 is 15.3 Å². The lowest BCUT2D eigenvalue weighted by Crippen LogP contribution is -2.10. The van der Waals surface area contributed by atoms with Crippen LogP contribution >= 0.6 is 47.8 Å². The third kappa shape index (κ3) is 13.7. The zero-order chi connectivity index (χ0) is 40.9. The molecule has 0 radical (unpaired) electrons. The number of aromatic nitrogens is 9. The molecule has 5 aromatic rings. The highest BCUT2D eigenvalue weighted by molar-refractivity contribution is 9.11. The number of nitrogens with zero attached hydrogens (tertiary/aromatic N) is 14. The van der Waals surface area contributed by atoms with Crippen molar-refractivity contribution in [2.45, 2.75) is 40.5 Å². The van der Waals surface area contributed by atoms with E-state index < -0.39 is 5.97 Å². The van der Waals surface area contributed by atoms with Crippen molar-refractivity contribution in [2.75, 3.05) is 13.2 Å². The van der Waals surface area contributed by atoms with Crippen molar-refractivity contribution in [3.63, 3.8) is 0 Å². The average Bonchev–Trinajstić information content (AvgIpc) is 3.79. The molecule has 5 rings (SSSR count). The molecule has 280 valence electrons. The van der Waals surface area contributed by atoms with Gasteiger partial charge in [0.1, 0.15) is 47.4 Å². The molecular formula is C33H29Br3N15O4+. The van der Waals surface area contributed by atoms with E-state index in [-0.39, 0.29) is 44.2 Å². The van der Waals surface area contributed by atoms with Crippen LogP contribution in [0.15, 0.2) is 54.9 Å². The molecule has 22 heteroatoms. The van der Waals surface area contributed by atoms with Gasteiger partial charge in [-0.15, -0.1) is 10.2 Å². The molecule has 0 unspecified atom stereocenters. The Morgan fingerprint density at radius 1 is 0.800 bits per heavy atom. The zero-order valence-corrected chi connectivity index (χ0v) is 33.9. The maximum absolute atomic E-state index is 11.3. The molecule has 0 aliphatic heterocycles. The fourth-order valence-electron chi connectivity index (χ4n) is 3.92. The molecule has 0 saturated heterocycles. The van der Waals surface area contributed by atoms with E-state index in [1.807, 2.05) is 38.1 Å². The number of carboxylic acid groups (broad SMARTS) is 1. The number of halogens is 3. The van der Waals surface area contributed by atoms with Crippen LogP contribution in [-0.4, -0.2) is 79.4 Å². The normalized spacial score (nSPS) is 9.40. The van der Waals surface area contributed by atoms with Gasteiger partial charge in [0.25, 0.3) is 0 Å². The number of pyridine rings is 3. The van der Waals surface area contributed by atoms with Crippen LogP contribution in [0.1, 0.15) is 39.0 Å². The van der Waals surface area contributed by atoms with Crippen molar-refractivity contribution >= 4 is 53.8 Å². The minimum Gasteiger partial charge on any atom is -0.476 e. The minimum absolute atomic E-state index is 0.0104. The Labute approximate surface area is 338 Å². The zero-order valence-electron chi connectivity index (χ0n) is 29.1. The quantitative estimate of drug-likeness (QED) is 0.0750. The Balaban J connectivity index is 0.000000271. The van der Waals surface area contributed by atoms with Crippen molar-refractivity contribution < 1.29 is 20.1 Å². The topological polar surface area (TPSA) is 300 Å². The predicted octanol–water partition coefficient (Wildman–Crippen LogP) is 4.62. The number of nitrogens with one attached hydrogen (secondary N) is 1. The molecule has 19 nitrogen and oxygen atoms in total. The summed E-state index contributed by atoms with van der Waals surface area (Å²) in [5.41, 5.74) is 11.2. The molecular weight excluding hydrogens is 910 g/mol. The van der Waals surface area contributed by atoms with Crippen molar-refractivity contribution in [3.8, 4) is 52.8 Å². The fraction of sp³-hybridized carbons (Fsp3) is 0.242. The molecule has 0 amide bonds. The standard InChI is InChI=1S/C11H8BrN5O2.C11H10BrN5O.C9H8BrNO.C2H3N4/c1-6-7(12)2-3-8(14-6)9-10(11(18)19)17(5-4-13)16-15-9;1-7-8(12)2-3-9(14-7)11-10(6-18)17(5-4-13)16-15-11;1-7-9(10)5-4-8(11-7)3-2-6-12;3-1-2-5-6-4/h2-3H,5H2,1H3,(H,18,19);2-3,18H,5-6H2,1H3;4-5,12H,6H2,1H3;4H,2H2/q;;;+1. The third-order valence-electron chi connectivity index (χ3n) is 6.42. The number of aliphatic hydroxyl groups is 2. The molecule has 4 N–H and O–H groups in total. The lowest BCUT2D eigenvalue weighted by atomic mass is 10.2. The van der Waals surface area contributed by atoms with Crippen LogP contribution in [0.2, 0.25) is 0 Å². The predicted molar refractivity (Wildman–Crippen MR) is 204 cm³/mol. The van der Waals surface area contributed by atoms with Gasteiger partial charge >= 0.3 is 5.97 Å². The first-order chi connectivity index (χ1) is 26.4. The number of carboxylic acids is 1. The van der Waals surface area contributed by atoms with Crippen LogP contribution in [0, 0.1) is 72.1 Å². The van der Waals surface area contributed by atoms with Crippen molar-refractivity contribution in [1.29, 1.82) is 21.3 Å². The number of nitriles is 3. The molecule has 55 heavy (non-hydrogen) atoms. The van der Waals surface area contributed by atoms with E-state index in [1.165, 1.54) is 4.68 Å². The second kappa shape index (κ2) is 23.5. The Hall–Kier alpha value is -6.10. The van der Waals surface area contributed by atoms with E-state index >= 15 is 0 Å². The Kier molecular flexibility index (Phi) is 19.3. The second-order valence-corrected chi connectivity index (χ2v) is 12.6. The number of aromatic carboxylic acids is 1. The summed E-state index contributed by atoms with van der Waals surface area (Å²) in [4.78, 5) is 26.6. The van der Waals surface area contributed by atoms with Crippen LogP contribution in [0.5, 0.6) is 0 Å². The SMILES string of the molecule is Cc1nc(-c2nnn(CC#N)c2C(=O)O)ccc1Br.Cc1nc(-c2nnn(CC#N)c2CO)ccc1Br.Cc1nc(C#CCO)ccc1Br.N#CCN=[N+]=N. The Morgan fingerprint density at radius 2 is 1.31 bits per heavy atom. The first-order valence-corrected chi connectivity index (χ1v) is 17.6. The first-order valence-electron chi connectivity index (χ1n) is 15.2. The van der Waals surface area contributed by atoms with E-state index in [9.17, 15) is 15.0 Å². The maximum Gasteiger partial charge on any atom is 0.356 e. The van der Waals surface area contributed by atoms with Gasteiger partial charge in [0.15, 0.2) is 5.69 Å². The molecule has 5 heterocycles. The van der Waals surface area contributed by atoms with E-state index in [0.29, 0.717) is 34.2 Å². The smallest absolute Gasteiger partial charge is 0.356 e. The van der Waals surface area contributed by atoms with E-state index in [1.54, 1.807) is 37.3 Å². The van der Waals surface area contributed by atoms with Crippen LogP contribution in [0.3, 0.4) is 0 Å². The summed E-state index contributed by atoms with van der Waals surface area (Å²) in [5, 5.41) is 70.3. The summed E-state index contributed by atoms with van der Waals surface area (Å²) in [7, 11) is 0. The second-order valence-electron chi connectivity index (χ2n) is 10.1. The first kappa shape index (κ1) is 45.1. The van der Waals surface area contributed by atoms with Gasteiger partial charge in [-0.25, -0.2) is 19.1 Å². The molecule has 0 aliphatic rings. The summed E-state index contributed by atoms with van der Waals surface area (Å²) < 4.78 is 5.10. The molecule has 0 atom stereocenters. The van der Waals surface area contributed by atoms with Gasteiger partial charge in [0.05, 0.1) is 59.0 Å². The number of aliphatic hydroxyl groups excluding tert-OH is 2. The molecule has 0 bridgehead atoms. The number of rotatable bonds is 7. The van der Waals surface area contributed by atoms with Gasteiger partial charge in [-0.1, -0.05) is 16.3 Å². The summed E-state index contributed by atoms with van der Waals surface area (Å²) >= 11 is 10.0. The highest BCUT2D eigenvalue weighted by Gasteiger charge is 2.22. The van der Waals surface area contributed by atoms with E-state index in [0.717, 1.165) is 29.5 Å². The number of carbonyl (C=O) groups is 1. The van der Waals surface area contributed by atoms with Gasteiger partial charge in [0.2, 0.25) is 11.5 Å². The van der Waals surface area contributed by atoms with Gasteiger partial charge in [-0.05, 0) is 111 Å². The fourth-order valence-corrected chi connectivity index (χ4v) is 4.58. The highest BCUT2D eigenvalue weighted by atomic mass is 79.9. The minimum atomic E-state index is -1.20. The average molecular weight is 939 g/mol. The largest absolute Gasteiger partial charge is 0.476 e. The molecule has 0 aliphatic carbocycles. The van der Waals surface area contributed by atoms with Crippen molar-refractivity contribution in [2.24, 2.45) is 5.11 Å². The van der Waals surface area contributed by atoms with Crippen LogP contribution < -0.4 is 4.91 Å². The monoisotopic (exact) mass is 936 g/mol. The summed E-state index contributed by atoms with van der Waals surface area (Å²) in [6.45, 7) is 5.05. The maximum atomic E-state index is 11.3. The molecule has 0 fully saturated rings. The lowest BCUT2D eigenvalue weighted by molar-refractivity contribution is 0.0685. The molecule has 5 aromatic heterocycles. The van der Waals surface area contributed by atoms with Crippen LogP contribution in [0.4, 0.5) is 0 Å². The third-order valence-corrected chi connectivity index (χ3v) is 8.94. The molecule has 0 saturated carbocycles. The molecule has 0 spiro atoms. The van der Waals surface area contributed by atoms with Gasteiger partial charge in [0, 0.05) is 13.4 Å². The Morgan fingerprint density at radius 3 is 1.76 bits per heavy atom. The summed E-state index contributed by atoms with van der Waals surface area (Å²) in [6, 6.07) is 16.2. The number of hydrogen-bond acceptors (Lipinski definition) is 15. The number of aryl methyl sites for hydroxylation is 3. The van der Waals surface area contributed by atoms with Crippen LogP contribution in [0.25, 0.3) is 22.8 Å². The van der Waals surface area contributed by atoms with E-state index in [2.05, 4.69) is 105 Å². The summed E-state index contributed by atoms with van der Waals surface area (Å²) in [6.07, 6.45) is 0. The van der Waals surface area contributed by atoms with Crippen molar-refractivity contribution in [1.82, 2.24) is 49.9 Å². The number of hydrogen-bond donors (Lipinski definition) is 4. The van der Waals surface area contributed by atoms with Crippen molar-refractivity contribution in [3.05, 3.63) is 84.0 Å². The highest BCUT2D eigenvalue weighted by Crippen LogP contribution is 2.24. The van der Waals surface area contributed by atoms with E-state index in [4.69, 9.17) is 26.4 Å². The Bertz CT molecular complexity index is 2360. The lowest BCUT2D eigenvalue weighted by Gasteiger charge is -2.03. The molecule has 0 aromatic carbocycles. The van der Waals surface area contributed by atoms with Gasteiger partial charge in [-0.3, -0.25) is 9.97 Å². The van der Waals surface area contributed by atoms with Crippen LogP contribution in [-0.2, 0) is 19.7 Å². The summed E-state index contributed by atoms with van der Waals surface area (Å²) in [5.74, 6) is 4.07. The van der Waals surface area contributed by atoms with Gasteiger partial charge in [-0.2, -0.15) is 15.8 Å².